The number of β-amino-alcohol motifs (C(OH)–C–C–N with tert-alkyl or cyclic N) is 1. The summed E-state index contributed by atoms with van der Waals surface area (Å²) < 4.78 is 27.0. The minimum atomic E-state index is -3.77. The van der Waals surface area contributed by atoms with Crippen LogP contribution in [0, 0.1) is 5.41 Å². The summed E-state index contributed by atoms with van der Waals surface area (Å²) in [5.41, 5.74) is -0.315. The van der Waals surface area contributed by atoms with Crippen molar-refractivity contribution in [1.82, 2.24) is 4.31 Å². The SMILES string of the molecule is CCC[C@]1(C(=O)O)CCN(S(=O)(=O)c2ccc(C(C)(C)C)cc2)C[C@H]1O. The Hall–Kier alpha value is -1.44. The molecule has 1 heterocycles. The molecule has 146 valence electrons. The number of benzene rings is 1. The number of carboxylic acids is 1. The molecule has 0 amide bonds. The van der Waals surface area contributed by atoms with Crippen molar-refractivity contribution in [3.05, 3.63) is 29.8 Å². The molecule has 1 fully saturated rings. The van der Waals surface area contributed by atoms with Crippen LogP contribution >= 0.6 is 0 Å². The Morgan fingerprint density at radius 2 is 1.85 bits per heavy atom. The first kappa shape index (κ1) is 20.9. The first-order valence-corrected chi connectivity index (χ1v) is 10.4. The lowest BCUT2D eigenvalue weighted by atomic mass is 9.73. The molecule has 0 unspecified atom stereocenters. The molecule has 0 radical (unpaired) electrons. The third kappa shape index (κ3) is 3.80. The van der Waals surface area contributed by atoms with Crippen molar-refractivity contribution in [1.29, 1.82) is 0 Å². The molecule has 0 aromatic heterocycles. The van der Waals surface area contributed by atoms with Crippen LogP contribution in [0.4, 0.5) is 0 Å². The van der Waals surface area contributed by atoms with E-state index in [9.17, 15) is 23.4 Å². The number of aliphatic hydroxyl groups is 1. The Kier molecular flexibility index (Phi) is 5.85. The molecule has 1 aromatic rings. The smallest absolute Gasteiger partial charge is 0.312 e. The molecule has 6 nitrogen and oxygen atoms in total. The zero-order chi connectivity index (χ0) is 19.8. The Balaban J connectivity index is 2.25. The van der Waals surface area contributed by atoms with Crippen LogP contribution in [-0.4, -0.2) is 48.1 Å². The van der Waals surface area contributed by atoms with Crippen molar-refractivity contribution in [2.75, 3.05) is 13.1 Å². The van der Waals surface area contributed by atoms with E-state index < -0.39 is 27.5 Å². The topological polar surface area (TPSA) is 94.9 Å². The average Bonchev–Trinajstić information content (AvgIpc) is 2.56. The van der Waals surface area contributed by atoms with Gasteiger partial charge in [-0.3, -0.25) is 4.79 Å². The number of rotatable bonds is 5. The molecule has 1 aliphatic heterocycles. The van der Waals surface area contributed by atoms with Gasteiger partial charge in [0.25, 0.3) is 0 Å². The zero-order valence-corrected chi connectivity index (χ0v) is 16.7. The molecule has 0 spiro atoms. The number of carbonyl (C=O) groups is 1. The van der Waals surface area contributed by atoms with Gasteiger partial charge in [0, 0.05) is 13.1 Å². The van der Waals surface area contributed by atoms with Gasteiger partial charge in [0.05, 0.1) is 16.4 Å². The highest BCUT2D eigenvalue weighted by Crippen LogP contribution is 2.38. The van der Waals surface area contributed by atoms with Crippen LogP contribution in [-0.2, 0) is 20.2 Å². The molecule has 0 bridgehead atoms. The summed E-state index contributed by atoms with van der Waals surface area (Å²) in [5.74, 6) is -1.06. The maximum absolute atomic E-state index is 12.9. The number of carboxylic acid groups (broad SMARTS) is 1. The third-order valence-corrected chi connectivity index (χ3v) is 7.18. The lowest BCUT2D eigenvalue weighted by Gasteiger charge is -2.42. The summed E-state index contributed by atoms with van der Waals surface area (Å²) in [7, 11) is -3.77. The highest BCUT2D eigenvalue weighted by atomic mass is 32.2. The van der Waals surface area contributed by atoms with Crippen LogP contribution in [0.5, 0.6) is 0 Å². The predicted octanol–water partition coefficient (Wildman–Crippen LogP) is 2.61. The number of aliphatic carboxylic acids is 1. The molecule has 1 aromatic carbocycles. The molecule has 2 N–H and O–H groups in total. The van der Waals surface area contributed by atoms with Crippen molar-refractivity contribution in [2.45, 2.75) is 63.4 Å². The Bertz CT molecular complexity index is 751. The summed E-state index contributed by atoms with van der Waals surface area (Å²) in [6.07, 6.45) is -0.170. The molecule has 2 atom stereocenters. The second-order valence-corrected chi connectivity index (χ2v) is 10.1. The Morgan fingerprint density at radius 3 is 2.27 bits per heavy atom. The second-order valence-electron chi connectivity index (χ2n) is 8.11. The minimum absolute atomic E-state index is 0.0785. The normalized spacial score (nSPS) is 25.2. The van der Waals surface area contributed by atoms with Gasteiger partial charge in [-0.1, -0.05) is 46.2 Å². The van der Waals surface area contributed by atoms with E-state index in [1.165, 1.54) is 4.31 Å². The van der Waals surface area contributed by atoms with Crippen molar-refractivity contribution in [3.8, 4) is 0 Å². The van der Waals surface area contributed by atoms with Crippen LogP contribution in [0.1, 0.15) is 52.5 Å². The molecule has 1 saturated heterocycles. The van der Waals surface area contributed by atoms with E-state index in [4.69, 9.17) is 0 Å². The summed E-state index contributed by atoms with van der Waals surface area (Å²) in [6.45, 7) is 7.91. The zero-order valence-electron chi connectivity index (χ0n) is 15.9. The van der Waals surface area contributed by atoms with Crippen LogP contribution in [0.25, 0.3) is 0 Å². The van der Waals surface area contributed by atoms with E-state index in [1.54, 1.807) is 24.3 Å². The van der Waals surface area contributed by atoms with E-state index in [1.807, 2.05) is 6.92 Å². The lowest BCUT2D eigenvalue weighted by Crippen LogP contribution is -2.55. The summed E-state index contributed by atoms with van der Waals surface area (Å²) in [6, 6.07) is 6.75. The third-order valence-electron chi connectivity index (χ3n) is 5.30. The average molecular weight is 384 g/mol. The van der Waals surface area contributed by atoms with E-state index in [2.05, 4.69) is 20.8 Å². The number of aliphatic hydroxyl groups excluding tert-OH is 1. The van der Waals surface area contributed by atoms with Gasteiger partial charge in [-0.05, 0) is 36.0 Å². The van der Waals surface area contributed by atoms with E-state index in [0.717, 1.165) is 5.56 Å². The molecule has 7 heteroatoms. The first-order chi connectivity index (χ1) is 11.9. The highest BCUT2D eigenvalue weighted by Gasteiger charge is 2.49. The van der Waals surface area contributed by atoms with E-state index in [0.29, 0.717) is 12.8 Å². The molecular formula is C19H29NO5S. The van der Waals surface area contributed by atoms with E-state index >= 15 is 0 Å². The van der Waals surface area contributed by atoms with Crippen molar-refractivity contribution >= 4 is 16.0 Å². The molecular weight excluding hydrogens is 354 g/mol. The van der Waals surface area contributed by atoms with Crippen molar-refractivity contribution in [2.24, 2.45) is 5.41 Å². The minimum Gasteiger partial charge on any atom is -0.481 e. The number of piperidine rings is 1. The van der Waals surface area contributed by atoms with Crippen LogP contribution < -0.4 is 0 Å². The summed E-state index contributed by atoms with van der Waals surface area (Å²) in [5, 5.41) is 20.0. The van der Waals surface area contributed by atoms with Crippen LogP contribution in [0.15, 0.2) is 29.2 Å². The maximum atomic E-state index is 12.9. The first-order valence-electron chi connectivity index (χ1n) is 8.97. The van der Waals surface area contributed by atoms with Gasteiger partial charge in [0.2, 0.25) is 10.0 Å². The number of nitrogens with zero attached hydrogens (tertiary/aromatic N) is 1. The number of sulfonamides is 1. The van der Waals surface area contributed by atoms with Crippen LogP contribution in [0.2, 0.25) is 0 Å². The monoisotopic (exact) mass is 383 g/mol. The lowest BCUT2D eigenvalue weighted by molar-refractivity contribution is -0.162. The second kappa shape index (κ2) is 7.29. The summed E-state index contributed by atoms with van der Waals surface area (Å²) >= 11 is 0. The van der Waals surface area contributed by atoms with Gasteiger partial charge >= 0.3 is 5.97 Å². The quantitative estimate of drug-likeness (QED) is 0.815. The number of hydrogen-bond acceptors (Lipinski definition) is 4. The Morgan fingerprint density at radius 1 is 1.27 bits per heavy atom. The maximum Gasteiger partial charge on any atom is 0.312 e. The van der Waals surface area contributed by atoms with Gasteiger partial charge in [0.1, 0.15) is 0 Å². The fraction of sp³-hybridized carbons (Fsp3) is 0.632. The molecule has 2 rings (SSSR count). The fourth-order valence-electron chi connectivity index (χ4n) is 3.54. The predicted molar refractivity (Wildman–Crippen MR) is 99.5 cm³/mol. The van der Waals surface area contributed by atoms with Gasteiger partial charge in [-0.25, -0.2) is 8.42 Å². The van der Waals surface area contributed by atoms with Gasteiger partial charge < -0.3 is 10.2 Å². The van der Waals surface area contributed by atoms with Crippen molar-refractivity contribution in [3.63, 3.8) is 0 Å². The standard InChI is InChI=1S/C19H29NO5S/c1-5-10-19(17(22)23)11-12-20(13-16(19)21)26(24,25)15-8-6-14(7-9-15)18(2,3)4/h6-9,16,21H,5,10-13H2,1-4H3,(H,22,23)/t16-,19+/m1/s1. The van der Waals surface area contributed by atoms with Crippen molar-refractivity contribution < 1.29 is 23.4 Å². The van der Waals surface area contributed by atoms with Gasteiger partial charge in [0.15, 0.2) is 0 Å². The fourth-order valence-corrected chi connectivity index (χ4v) is 4.99. The molecule has 1 aliphatic rings. The summed E-state index contributed by atoms with van der Waals surface area (Å²) in [4.78, 5) is 11.9. The molecule has 26 heavy (non-hydrogen) atoms. The molecule has 0 saturated carbocycles. The molecule has 0 aliphatic carbocycles. The van der Waals surface area contributed by atoms with Gasteiger partial charge in [-0.15, -0.1) is 0 Å². The Labute approximate surface area is 155 Å². The largest absolute Gasteiger partial charge is 0.481 e. The van der Waals surface area contributed by atoms with E-state index in [-0.39, 0.29) is 29.8 Å². The number of hydrogen-bond donors (Lipinski definition) is 2. The van der Waals surface area contributed by atoms with Crippen LogP contribution in [0.3, 0.4) is 0 Å². The van der Waals surface area contributed by atoms with Gasteiger partial charge in [-0.2, -0.15) is 4.31 Å². The highest BCUT2D eigenvalue weighted by molar-refractivity contribution is 7.89.